The van der Waals surface area contributed by atoms with Crippen LogP contribution >= 0.6 is 0 Å². The van der Waals surface area contributed by atoms with Gasteiger partial charge in [-0.2, -0.15) is 0 Å². The molecule has 0 bridgehead atoms. The number of hydrogen-bond acceptors (Lipinski definition) is 2. The molecule has 4 heteroatoms. The maximum atomic E-state index is 13.2. The molecule has 0 spiro atoms. The summed E-state index contributed by atoms with van der Waals surface area (Å²) in [6.45, 7) is 3.86. The lowest BCUT2D eigenvalue weighted by Gasteiger charge is -2.18. The van der Waals surface area contributed by atoms with E-state index in [1.54, 1.807) is 13.2 Å². The predicted octanol–water partition coefficient (Wildman–Crippen LogP) is 4.45. The van der Waals surface area contributed by atoms with Crippen molar-refractivity contribution in [3.05, 3.63) is 59.2 Å². The molecule has 0 aromatic heterocycles. The average molecular weight is 277 g/mol. The molecule has 0 saturated heterocycles. The number of ether oxygens (including phenoxy) is 1. The average Bonchev–Trinajstić information content (AvgIpc) is 2.43. The summed E-state index contributed by atoms with van der Waals surface area (Å²) < 4.78 is 31.5. The predicted molar refractivity (Wildman–Crippen MR) is 76.1 cm³/mol. The van der Waals surface area contributed by atoms with Crippen molar-refractivity contribution in [3.63, 3.8) is 0 Å². The van der Waals surface area contributed by atoms with Crippen LogP contribution in [0.25, 0.3) is 0 Å². The van der Waals surface area contributed by atoms with Crippen molar-refractivity contribution in [2.75, 3.05) is 12.4 Å². The summed E-state index contributed by atoms with van der Waals surface area (Å²) in [6, 6.07) is 9.52. The lowest BCUT2D eigenvalue weighted by Crippen LogP contribution is -2.08. The molecule has 2 aromatic carbocycles. The zero-order chi connectivity index (χ0) is 14.7. The number of rotatable bonds is 4. The molecule has 2 rings (SSSR count). The Hall–Kier alpha value is -2.10. The maximum absolute atomic E-state index is 13.2. The fourth-order valence-electron chi connectivity index (χ4n) is 2.02. The molecule has 0 heterocycles. The summed E-state index contributed by atoms with van der Waals surface area (Å²) >= 11 is 0. The minimum atomic E-state index is -0.841. The van der Waals surface area contributed by atoms with Crippen molar-refractivity contribution in [2.24, 2.45) is 0 Å². The third kappa shape index (κ3) is 3.07. The van der Waals surface area contributed by atoms with Gasteiger partial charge in [-0.15, -0.1) is 0 Å². The second kappa shape index (κ2) is 5.90. The summed E-state index contributed by atoms with van der Waals surface area (Å²) in [5.41, 5.74) is 2.58. The first-order valence-corrected chi connectivity index (χ1v) is 6.37. The number of nitrogens with one attached hydrogen (secondary N) is 1. The van der Waals surface area contributed by atoms with Gasteiger partial charge in [-0.25, -0.2) is 8.78 Å². The van der Waals surface area contributed by atoms with E-state index in [1.807, 2.05) is 32.0 Å². The van der Waals surface area contributed by atoms with E-state index in [0.717, 1.165) is 23.1 Å². The molecule has 1 unspecified atom stereocenters. The number of halogens is 2. The largest absolute Gasteiger partial charge is 0.495 e. The van der Waals surface area contributed by atoms with Gasteiger partial charge in [0, 0.05) is 6.04 Å². The molecule has 2 nitrogen and oxygen atoms in total. The van der Waals surface area contributed by atoms with Crippen LogP contribution in [0.15, 0.2) is 36.4 Å². The summed E-state index contributed by atoms with van der Waals surface area (Å²) in [4.78, 5) is 0. The molecule has 1 atom stereocenters. The summed E-state index contributed by atoms with van der Waals surface area (Å²) in [5.74, 6) is -0.958. The van der Waals surface area contributed by atoms with E-state index >= 15 is 0 Å². The zero-order valence-corrected chi connectivity index (χ0v) is 11.7. The molecule has 2 aromatic rings. The molecule has 106 valence electrons. The van der Waals surface area contributed by atoms with E-state index in [-0.39, 0.29) is 6.04 Å². The standard InChI is InChI=1S/C16H17F2NO/c1-10-4-7-15(16(8-10)20-3)19-11(2)12-5-6-13(17)14(18)9-12/h4-9,11,19H,1-3H3. The highest BCUT2D eigenvalue weighted by atomic mass is 19.2. The third-order valence-electron chi connectivity index (χ3n) is 3.17. The van der Waals surface area contributed by atoms with Crippen LogP contribution in [-0.2, 0) is 0 Å². The topological polar surface area (TPSA) is 21.3 Å². The minimum Gasteiger partial charge on any atom is -0.495 e. The van der Waals surface area contributed by atoms with Crippen molar-refractivity contribution in [1.29, 1.82) is 0 Å². The zero-order valence-electron chi connectivity index (χ0n) is 11.7. The molecule has 0 fully saturated rings. The minimum absolute atomic E-state index is 0.165. The van der Waals surface area contributed by atoms with Crippen LogP contribution in [0.3, 0.4) is 0 Å². The SMILES string of the molecule is COc1cc(C)ccc1NC(C)c1ccc(F)c(F)c1. The number of methoxy groups -OCH3 is 1. The lowest BCUT2D eigenvalue weighted by atomic mass is 10.1. The molecule has 0 aliphatic heterocycles. The summed E-state index contributed by atoms with van der Waals surface area (Å²) in [5, 5.41) is 3.24. The van der Waals surface area contributed by atoms with Crippen LogP contribution < -0.4 is 10.1 Å². The van der Waals surface area contributed by atoms with Gasteiger partial charge in [0.25, 0.3) is 0 Å². The third-order valence-corrected chi connectivity index (χ3v) is 3.17. The van der Waals surface area contributed by atoms with Gasteiger partial charge >= 0.3 is 0 Å². The first-order valence-electron chi connectivity index (χ1n) is 6.37. The van der Waals surface area contributed by atoms with E-state index in [9.17, 15) is 8.78 Å². The van der Waals surface area contributed by atoms with Gasteiger partial charge in [0.2, 0.25) is 0 Å². The molecule has 20 heavy (non-hydrogen) atoms. The van der Waals surface area contributed by atoms with Crippen molar-refractivity contribution >= 4 is 5.69 Å². The van der Waals surface area contributed by atoms with Crippen molar-refractivity contribution in [2.45, 2.75) is 19.9 Å². The van der Waals surface area contributed by atoms with Crippen molar-refractivity contribution in [3.8, 4) is 5.75 Å². The number of benzene rings is 2. The number of anilines is 1. The summed E-state index contributed by atoms with van der Waals surface area (Å²) in [7, 11) is 1.60. The van der Waals surface area contributed by atoms with E-state index in [4.69, 9.17) is 4.74 Å². The molecular formula is C16H17F2NO. The highest BCUT2D eigenvalue weighted by Gasteiger charge is 2.11. The van der Waals surface area contributed by atoms with Gasteiger partial charge in [0.05, 0.1) is 12.8 Å². The molecule has 0 radical (unpaired) electrons. The van der Waals surface area contributed by atoms with Gasteiger partial charge < -0.3 is 10.1 Å². The second-order valence-electron chi connectivity index (χ2n) is 4.74. The monoisotopic (exact) mass is 277 g/mol. The second-order valence-corrected chi connectivity index (χ2v) is 4.74. The van der Waals surface area contributed by atoms with Crippen LogP contribution in [0.5, 0.6) is 5.75 Å². The Balaban J connectivity index is 2.22. The molecule has 0 aliphatic rings. The molecule has 0 saturated carbocycles. The van der Waals surface area contributed by atoms with Crippen molar-refractivity contribution < 1.29 is 13.5 Å². The fourth-order valence-corrected chi connectivity index (χ4v) is 2.02. The van der Waals surface area contributed by atoms with Crippen LogP contribution in [0.1, 0.15) is 24.1 Å². The summed E-state index contributed by atoms with van der Waals surface area (Å²) in [6.07, 6.45) is 0. The Kier molecular flexibility index (Phi) is 4.23. The van der Waals surface area contributed by atoms with Crippen LogP contribution in [0.4, 0.5) is 14.5 Å². The van der Waals surface area contributed by atoms with Crippen LogP contribution in [-0.4, -0.2) is 7.11 Å². The molecule has 0 aliphatic carbocycles. The Bertz CT molecular complexity index is 613. The number of aryl methyl sites for hydroxylation is 1. The van der Waals surface area contributed by atoms with E-state index in [1.165, 1.54) is 6.07 Å². The van der Waals surface area contributed by atoms with Gasteiger partial charge in [0.15, 0.2) is 11.6 Å². The molecular weight excluding hydrogens is 260 g/mol. The van der Waals surface area contributed by atoms with E-state index in [0.29, 0.717) is 5.56 Å². The van der Waals surface area contributed by atoms with Gasteiger partial charge in [-0.3, -0.25) is 0 Å². The van der Waals surface area contributed by atoms with Crippen molar-refractivity contribution in [1.82, 2.24) is 0 Å². The Morgan fingerprint density at radius 1 is 1.05 bits per heavy atom. The van der Waals surface area contributed by atoms with Gasteiger partial charge in [0.1, 0.15) is 5.75 Å². The maximum Gasteiger partial charge on any atom is 0.159 e. The smallest absolute Gasteiger partial charge is 0.159 e. The van der Waals surface area contributed by atoms with Crippen LogP contribution in [0, 0.1) is 18.6 Å². The quantitative estimate of drug-likeness (QED) is 0.891. The first kappa shape index (κ1) is 14.3. The van der Waals surface area contributed by atoms with Gasteiger partial charge in [-0.1, -0.05) is 12.1 Å². The Morgan fingerprint density at radius 2 is 1.80 bits per heavy atom. The highest BCUT2D eigenvalue weighted by molar-refractivity contribution is 5.58. The van der Waals surface area contributed by atoms with Gasteiger partial charge in [-0.05, 0) is 49.2 Å². The normalized spacial score (nSPS) is 12.1. The Labute approximate surface area is 117 Å². The first-order chi connectivity index (χ1) is 9.51. The highest BCUT2D eigenvalue weighted by Crippen LogP contribution is 2.29. The number of hydrogen-bond donors (Lipinski definition) is 1. The van der Waals surface area contributed by atoms with Crippen LogP contribution in [0.2, 0.25) is 0 Å². The molecule has 1 N–H and O–H groups in total. The molecule has 0 amide bonds. The van der Waals surface area contributed by atoms with E-state index < -0.39 is 11.6 Å². The lowest BCUT2D eigenvalue weighted by molar-refractivity contribution is 0.415. The fraction of sp³-hybridized carbons (Fsp3) is 0.250. The van der Waals surface area contributed by atoms with E-state index in [2.05, 4.69) is 5.32 Å². The Morgan fingerprint density at radius 3 is 2.45 bits per heavy atom.